The maximum Gasteiger partial charge on any atom is 0.256 e. The molecule has 3 aromatic carbocycles. The monoisotopic (exact) mass is 456 g/mol. The fourth-order valence-electron chi connectivity index (χ4n) is 4.01. The Bertz CT molecular complexity index is 1280. The molecule has 2 N–H and O–H groups in total. The molecule has 1 saturated heterocycles. The summed E-state index contributed by atoms with van der Waals surface area (Å²) >= 11 is 1.42. The molecule has 1 aromatic heterocycles. The first-order valence-corrected chi connectivity index (χ1v) is 12.0. The number of hydrogen-bond acceptors (Lipinski definition) is 4. The summed E-state index contributed by atoms with van der Waals surface area (Å²) in [5.74, 6) is 1.02. The highest BCUT2D eigenvalue weighted by molar-refractivity contribution is 8.00. The van der Waals surface area contributed by atoms with Crippen molar-refractivity contribution in [2.45, 2.75) is 17.7 Å². The van der Waals surface area contributed by atoms with E-state index in [-0.39, 0.29) is 11.8 Å². The summed E-state index contributed by atoms with van der Waals surface area (Å²) in [7, 11) is 0. The molecule has 4 aromatic rings. The second kappa shape index (κ2) is 9.50. The third-order valence-electron chi connectivity index (χ3n) is 5.72. The fraction of sp³-hybridized carbons (Fsp3) is 0.192. The predicted octanol–water partition coefficient (Wildman–Crippen LogP) is 5.20. The molecular formula is C26H24N4O2S. The van der Waals surface area contributed by atoms with Crippen LogP contribution in [0.15, 0.2) is 77.7 Å². The van der Waals surface area contributed by atoms with Crippen molar-refractivity contribution in [1.29, 1.82) is 0 Å². The van der Waals surface area contributed by atoms with Crippen LogP contribution in [0.1, 0.15) is 23.2 Å². The van der Waals surface area contributed by atoms with Gasteiger partial charge in [-0.1, -0.05) is 36.4 Å². The van der Waals surface area contributed by atoms with Gasteiger partial charge in [0.2, 0.25) is 5.91 Å². The first-order chi connectivity index (χ1) is 16.2. The Labute approximate surface area is 196 Å². The molecule has 0 bridgehead atoms. The fourth-order valence-corrected chi connectivity index (χ4v) is 4.96. The van der Waals surface area contributed by atoms with Gasteiger partial charge in [0.15, 0.2) is 0 Å². The molecular weight excluding hydrogens is 432 g/mol. The minimum atomic E-state index is -0.200. The van der Waals surface area contributed by atoms with Crippen LogP contribution >= 0.6 is 11.8 Å². The van der Waals surface area contributed by atoms with Gasteiger partial charge in [0.25, 0.3) is 5.91 Å². The van der Waals surface area contributed by atoms with Crippen molar-refractivity contribution >= 4 is 40.3 Å². The van der Waals surface area contributed by atoms with Gasteiger partial charge >= 0.3 is 0 Å². The quantitative estimate of drug-likeness (QED) is 0.391. The maximum atomic E-state index is 13.1. The Hall–Kier alpha value is -3.58. The Kier molecular flexibility index (Phi) is 6.13. The number of amides is 2. The third kappa shape index (κ3) is 4.78. The van der Waals surface area contributed by atoms with E-state index in [4.69, 9.17) is 0 Å². The van der Waals surface area contributed by atoms with E-state index in [9.17, 15) is 9.59 Å². The summed E-state index contributed by atoms with van der Waals surface area (Å²) in [5.41, 5.74) is 4.01. The number of nitrogens with one attached hydrogen (secondary N) is 2. The molecule has 2 heterocycles. The van der Waals surface area contributed by atoms with Gasteiger partial charge < -0.3 is 15.2 Å². The van der Waals surface area contributed by atoms with Gasteiger partial charge in [-0.25, -0.2) is 4.98 Å². The van der Waals surface area contributed by atoms with Crippen molar-refractivity contribution in [1.82, 2.24) is 14.9 Å². The molecule has 5 rings (SSSR count). The van der Waals surface area contributed by atoms with Crippen molar-refractivity contribution < 1.29 is 9.59 Å². The van der Waals surface area contributed by atoms with Crippen LogP contribution in [0, 0.1) is 0 Å². The second-order valence-corrected chi connectivity index (χ2v) is 9.03. The zero-order chi connectivity index (χ0) is 22.6. The average molecular weight is 457 g/mol. The normalized spacial score (nSPS) is 13.4. The minimum absolute atomic E-state index is 0.131. The van der Waals surface area contributed by atoms with Crippen molar-refractivity contribution in [3.63, 3.8) is 0 Å². The number of H-pyrrole nitrogens is 1. The summed E-state index contributed by atoms with van der Waals surface area (Å²) in [6.07, 6.45) is 2.14. The van der Waals surface area contributed by atoms with Crippen LogP contribution in [0.4, 0.5) is 5.69 Å². The number of nitrogens with zero attached hydrogens (tertiary/aromatic N) is 2. The summed E-state index contributed by atoms with van der Waals surface area (Å²) in [4.78, 5) is 36.2. The summed E-state index contributed by atoms with van der Waals surface area (Å²) in [5, 5.41) is 3.00. The Morgan fingerprint density at radius 3 is 2.61 bits per heavy atom. The van der Waals surface area contributed by atoms with Crippen LogP contribution in [0.25, 0.3) is 22.4 Å². The number of benzene rings is 3. The highest BCUT2D eigenvalue weighted by Gasteiger charge is 2.19. The van der Waals surface area contributed by atoms with Gasteiger partial charge in [0.1, 0.15) is 5.82 Å². The zero-order valence-corrected chi connectivity index (χ0v) is 18.9. The van der Waals surface area contributed by atoms with Crippen LogP contribution in [0.2, 0.25) is 0 Å². The molecule has 0 atom stereocenters. The lowest BCUT2D eigenvalue weighted by molar-refractivity contribution is -0.127. The number of anilines is 1. The zero-order valence-electron chi connectivity index (χ0n) is 18.1. The van der Waals surface area contributed by atoms with Crippen molar-refractivity contribution in [3.05, 3.63) is 78.4 Å². The molecule has 0 saturated carbocycles. The predicted molar refractivity (Wildman–Crippen MR) is 132 cm³/mol. The molecule has 2 amide bonds. The number of imidazole rings is 1. The lowest BCUT2D eigenvalue weighted by atomic mass is 10.1. The van der Waals surface area contributed by atoms with Gasteiger partial charge in [-0.2, -0.15) is 0 Å². The Balaban J connectivity index is 1.31. The topological polar surface area (TPSA) is 78.1 Å². The number of rotatable bonds is 6. The van der Waals surface area contributed by atoms with Crippen molar-refractivity contribution in [2.24, 2.45) is 0 Å². The number of para-hydroxylation sites is 2. The number of likely N-dealkylation sites (tertiary alicyclic amines) is 1. The van der Waals surface area contributed by atoms with E-state index >= 15 is 0 Å². The number of aromatic nitrogens is 2. The van der Waals surface area contributed by atoms with Gasteiger partial charge in [-0.15, -0.1) is 11.8 Å². The molecule has 33 heavy (non-hydrogen) atoms. The van der Waals surface area contributed by atoms with Crippen LogP contribution in [0.5, 0.6) is 0 Å². The lowest BCUT2D eigenvalue weighted by Gasteiger charge is -2.15. The summed E-state index contributed by atoms with van der Waals surface area (Å²) in [6, 6.07) is 22.9. The van der Waals surface area contributed by atoms with E-state index in [1.54, 1.807) is 6.07 Å². The van der Waals surface area contributed by atoms with Gasteiger partial charge in [-0.3, -0.25) is 9.59 Å². The summed E-state index contributed by atoms with van der Waals surface area (Å²) in [6.45, 7) is 1.67. The molecule has 1 aliphatic rings. The van der Waals surface area contributed by atoms with Gasteiger partial charge in [0.05, 0.1) is 22.3 Å². The molecule has 1 fully saturated rings. The van der Waals surface area contributed by atoms with Crippen molar-refractivity contribution in [3.8, 4) is 11.4 Å². The maximum absolute atomic E-state index is 13.1. The lowest BCUT2D eigenvalue weighted by Crippen LogP contribution is -2.29. The van der Waals surface area contributed by atoms with Crippen LogP contribution < -0.4 is 5.32 Å². The number of thioether (sulfide) groups is 1. The Morgan fingerprint density at radius 1 is 0.970 bits per heavy atom. The number of hydrogen-bond donors (Lipinski definition) is 2. The molecule has 7 heteroatoms. The standard InChI is InChI=1S/C26H24N4O2S/c31-24(30-14-5-6-15-30)17-33-23-13-4-1-10-20(23)26(32)27-19-9-7-8-18(16-19)25-28-21-11-2-3-12-22(21)29-25/h1-4,7-13,16H,5-6,14-15,17H2,(H,27,32)(H,28,29). The molecule has 1 aliphatic heterocycles. The highest BCUT2D eigenvalue weighted by atomic mass is 32.2. The van der Waals surface area contributed by atoms with E-state index in [0.717, 1.165) is 53.2 Å². The minimum Gasteiger partial charge on any atom is -0.342 e. The van der Waals surface area contributed by atoms with E-state index in [1.807, 2.05) is 71.6 Å². The average Bonchev–Trinajstić information content (AvgIpc) is 3.53. The highest BCUT2D eigenvalue weighted by Crippen LogP contribution is 2.26. The van der Waals surface area contributed by atoms with E-state index < -0.39 is 0 Å². The number of fused-ring (bicyclic) bond motifs is 1. The summed E-state index contributed by atoms with van der Waals surface area (Å²) < 4.78 is 0. The SMILES string of the molecule is O=C(Nc1cccc(-c2nc3ccccc3[nH]2)c1)c1ccccc1SCC(=O)N1CCCC1. The van der Waals surface area contributed by atoms with Crippen molar-refractivity contribution in [2.75, 3.05) is 24.2 Å². The third-order valence-corrected chi connectivity index (χ3v) is 6.78. The smallest absolute Gasteiger partial charge is 0.256 e. The molecule has 0 unspecified atom stereocenters. The molecule has 0 radical (unpaired) electrons. The molecule has 166 valence electrons. The van der Waals surface area contributed by atoms with Gasteiger partial charge in [0, 0.05) is 29.2 Å². The second-order valence-electron chi connectivity index (χ2n) is 8.01. The van der Waals surface area contributed by atoms with Gasteiger partial charge in [-0.05, 0) is 49.2 Å². The van der Waals surface area contributed by atoms with E-state index in [0.29, 0.717) is 17.0 Å². The number of carbonyl (C=O) groups is 2. The number of carbonyl (C=O) groups excluding carboxylic acids is 2. The van der Waals surface area contributed by atoms with Crippen LogP contribution in [-0.4, -0.2) is 45.5 Å². The first-order valence-electron chi connectivity index (χ1n) is 11.0. The Morgan fingerprint density at radius 2 is 1.76 bits per heavy atom. The molecule has 0 aliphatic carbocycles. The van der Waals surface area contributed by atoms with Crippen LogP contribution in [-0.2, 0) is 4.79 Å². The van der Waals surface area contributed by atoms with E-state index in [2.05, 4.69) is 15.3 Å². The number of aromatic amines is 1. The first kappa shape index (κ1) is 21.3. The molecule has 0 spiro atoms. The largest absolute Gasteiger partial charge is 0.342 e. The van der Waals surface area contributed by atoms with E-state index in [1.165, 1.54) is 11.8 Å². The molecule has 6 nitrogen and oxygen atoms in total. The van der Waals surface area contributed by atoms with Crippen LogP contribution in [0.3, 0.4) is 0 Å².